The van der Waals surface area contributed by atoms with E-state index in [1.54, 1.807) is 24.3 Å². The summed E-state index contributed by atoms with van der Waals surface area (Å²) in [4.78, 5) is 24.2. The lowest BCUT2D eigenvalue weighted by Gasteiger charge is -2.20. The highest BCUT2D eigenvalue weighted by Gasteiger charge is 2.34. The van der Waals surface area contributed by atoms with Crippen LogP contribution in [-0.2, 0) is 4.79 Å². The summed E-state index contributed by atoms with van der Waals surface area (Å²) in [5, 5.41) is 12.1. The van der Waals surface area contributed by atoms with Crippen LogP contribution in [0.2, 0.25) is 5.02 Å². The Labute approximate surface area is 113 Å². The van der Waals surface area contributed by atoms with Crippen molar-refractivity contribution < 1.29 is 14.7 Å². The maximum absolute atomic E-state index is 11.9. The maximum atomic E-state index is 11.9. The Balaban J connectivity index is 2.06. The number of rotatable bonds is 2. The second-order valence-electron chi connectivity index (χ2n) is 3.76. The van der Waals surface area contributed by atoms with Crippen molar-refractivity contribution in [3.05, 3.63) is 29.3 Å². The van der Waals surface area contributed by atoms with E-state index in [2.05, 4.69) is 5.32 Å². The zero-order chi connectivity index (χ0) is 13.1. The third-order valence-electron chi connectivity index (χ3n) is 2.50. The van der Waals surface area contributed by atoms with E-state index in [0.29, 0.717) is 22.3 Å². The van der Waals surface area contributed by atoms with Crippen LogP contribution in [0.25, 0.3) is 0 Å². The third kappa shape index (κ3) is 2.88. The van der Waals surface area contributed by atoms with Gasteiger partial charge in [0.2, 0.25) is 0 Å². The van der Waals surface area contributed by atoms with Crippen LogP contribution < -0.4 is 5.32 Å². The highest BCUT2D eigenvalue weighted by molar-refractivity contribution is 7.99. The molecule has 1 aromatic carbocycles. The van der Waals surface area contributed by atoms with Gasteiger partial charge in [0.05, 0.1) is 5.88 Å². The first-order valence-corrected chi connectivity index (χ1v) is 6.75. The smallest absolute Gasteiger partial charge is 0.327 e. The molecule has 0 saturated carbocycles. The van der Waals surface area contributed by atoms with E-state index in [0.717, 1.165) is 0 Å². The molecule has 1 aromatic rings. The van der Waals surface area contributed by atoms with E-state index in [4.69, 9.17) is 16.7 Å². The average molecular weight is 287 g/mol. The van der Waals surface area contributed by atoms with Gasteiger partial charge in [-0.25, -0.2) is 9.59 Å². The number of anilines is 1. The number of carbonyl (C=O) groups excluding carboxylic acids is 1. The topological polar surface area (TPSA) is 69.6 Å². The lowest BCUT2D eigenvalue weighted by molar-refractivity contribution is -0.140. The highest BCUT2D eigenvalue weighted by Crippen LogP contribution is 2.22. The normalized spacial score (nSPS) is 18.7. The number of halogens is 1. The summed E-state index contributed by atoms with van der Waals surface area (Å²) in [6.07, 6.45) is 0. The van der Waals surface area contributed by atoms with Gasteiger partial charge in [0.25, 0.3) is 0 Å². The molecule has 0 spiro atoms. The molecule has 18 heavy (non-hydrogen) atoms. The summed E-state index contributed by atoms with van der Waals surface area (Å²) in [6, 6.07) is 5.53. The van der Waals surface area contributed by atoms with Crippen molar-refractivity contribution >= 4 is 41.1 Å². The minimum absolute atomic E-state index is 0.378. The van der Waals surface area contributed by atoms with E-state index < -0.39 is 18.0 Å². The van der Waals surface area contributed by atoms with E-state index >= 15 is 0 Å². The molecule has 1 saturated heterocycles. The first-order valence-electron chi connectivity index (χ1n) is 5.21. The van der Waals surface area contributed by atoms with Crippen LogP contribution in [0.5, 0.6) is 0 Å². The van der Waals surface area contributed by atoms with Crippen LogP contribution in [0.15, 0.2) is 24.3 Å². The summed E-state index contributed by atoms with van der Waals surface area (Å²) in [7, 11) is 0. The standard InChI is InChI=1S/C11H11ClN2O3S/c12-7-2-1-3-8(4-7)13-11(17)14-6-18-5-9(14)10(15)16/h1-4,9H,5-6H2,(H,13,17)(H,15,16). The van der Waals surface area contributed by atoms with Gasteiger partial charge in [-0.3, -0.25) is 0 Å². The van der Waals surface area contributed by atoms with Crippen molar-refractivity contribution in [1.29, 1.82) is 0 Å². The average Bonchev–Trinajstić information content (AvgIpc) is 2.77. The molecule has 1 aliphatic heterocycles. The number of nitrogens with one attached hydrogen (secondary N) is 1. The minimum atomic E-state index is -0.985. The van der Waals surface area contributed by atoms with Crippen LogP contribution in [0.1, 0.15) is 0 Å². The number of hydrogen-bond acceptors (Lipinski definition) is 3. The van der Waals surface area contributed by atoms with Gasteiger partial charge in [-0.05, 0) is 18.2 Å². The van der Waals surface area contributed by atoms with Crippen molar-refractivity contribution in [3.8, 4) is 0 Å². The quantitative estimate of drug-likeness (QED) is 0.875. The summed E-state index contributed by atoms with van der Waals surface area (Å²) in [5.74, 6) is -0.192. The number of carboxylic acids is 1. The summed E-state index contributed by atoms with van der Waals surface area (Å²) in [6.45, 7) is 0. The van der Waals surface area contributed by atoms with Crippen molar-refractivity contribution in [1.82, 2.24) is 4.90 Å². The van der Waals surface area contributed by atoms with Crippen LogP contribution in [0.4, 0.5) is 10.5 Å². The molecule has 5 nitrogen and oxygen atoms in total. The molecule has 1 aliphatic rings. The fourth-order valence-electron chi connectivity index (χ4n) is 1.61. The Bertz CT molecular complexity index is 483. The molecular formula is C11H11ClN2O3S. The molecule has 0 radical (unpaired) electrons. The Hall–Kier alpha value is -1.40. The molecule has 2 amide bonds. The molecule has 1 atom stereocenters. The van der Waals surface area contributed by atoms with E-state index in [1.165, 1.54) is 16.7 Å². The van der Waals surface area contributed by atoms with Gasteiger partial charge in [-0.1, -0.05) is 17.7 Å². The van der Waals surface area contributed by atoms with E-state index in [-0.39, 0.29) is 0 Å². The lowest BCUT2D eigenvalue weighted by Crippen LogP contribution is -2.43. The fraction of sp³-hybridized carbons (Fsp3) is 0.273. The highest BCUT2D eigenvalue weighted by atomic mass is 35.5. The van der Waals surface area contributed by atoms with E-state index in [9.17, 15) is 9.59 Å². The van der Waals surface area contributed by atoms with Gasteiger partial charge < -0.3 is 15.3 Å². The number of thioether (sulfide) groups is 1. The van der Waals surface area contributed by atoms with Crippen molar-refractivity contribution in [2.24, 2.45) is 0 Å². The number of nitrogens with zero attached hydrogens (tertiary/aromatic N) is 1. The second-order valence-corrected chi connectivity index (χ2v) is 5.20. The third-order valence-corrected chi connectivity index (χ3v) is 3.75. The van der Waals surface area contributed by atoms with Crippen LogP contribution in [0.3, 0.4) is 0 Å². The van der Waals surface area contributed by atoms with Gasteiger partial charge in [0.1, 0.15) is 6.04 Å². The largest absolute Gasteiger partial charge is 0.480 e. The van der Waals surface area contributed by atoms with Gasteiger partial charge in [-0.15, -0.1) is 11.8 Å². The molecule has 96 valence electrons. The molecule has 0 bridgehead atoms. The number of aliphatic carboxylic acids is 1. The zero-order valence-corrected chi connectivity index (χ0v) is 10.9. The molecule has 0 aliphatic carbocycles. The molecule has 1 fully saturated rings. The van der Waals surface area contributed by atoms with Gasteiger partial charge in [0.15, 0.2) is 0 Å². The Morgan fingerprint density at radius 2 is 2.28 bits per heavy atom. The number of carboxylic acid groups (broad SMARTS) is 1. The summed E-state index contributed by atoms with van der Waals surface area (Å²) in [5.41, 5.74) is 0.550. The molecule has 1 unspecified atom stereocenters. The van der Waals surface area contributed by atoms with Gasteiger partial charge in [-0.2, -0.15) is 0 Å². The zero-order valence-electron chi connectivity index (χ0n) is 9.30. The predicted octanol–water partition coefficient (Wildman–Crippen LogP) is 2.33. The second kappa shape index (κ2) is 5.49. The molecule has 2 N–H and O–H groups in total. The monoisotopic (exact) mass is 286 g/mol. The van der Waals surface area contributed by atoms with Crippen LogP contribution in [0, 0.1) is 0 Å². The van der Waals surface area contributed by atoms with E-state index in [1.807, 2.05) is 0 Å². The van der Waals surface area contributed by atoms with Crippen molar-refractivity contribution in [2.45, 2.75) is 6.04 Å². The molecule has 1 heterocycles. The fourth-order valence-corrected chi connectivity index (χ4v) is 2.94. The number of urea groups is 1. The summed E-state index contributed by atoms with van der Waals surface area (Å²) >= 11 is 7.22. The molecule has 2 rings (SSSR count). The first kappa shape index (κ1) is 13.0. The first-order chi connectivity index (χ1) is 8.58. The maximum Gasteiger partial charge on any atom is 0.327 e. The van der Waals surface area contributed by atoms with Gasteiger partial charge in [0, 0.05) is 16.5 Å². The molecular weight excluding hydrogens is 276 g/mol. The number of hydrogen-bond donors (Lipinski definition) is 2. The van der Waals surface area contributed by atoms with Gasteiger partial charge >= 0.3 is 12.0 Å². The SMILES string of the molecule is O=C(O)C1CSCN1C(=O)Nc1cccc(Cl)c1. The number of amides is 2. The van der Waals surface area contributed by atoms with Crippen LogP contribution in [-0.4, -0.2) is 39.7 Å². The Morgan fingerprint density at radius 3 is 2.94 bits per heavy atom. The molecule has 7 heteroatoms. The number of carbonyl (C=O) groups is 2. The van der Waals surface area contributed by atoms with Crippen molar-refractivity contribution in [2.75, 3.05) is 16.9 Å². The Kier molecular flexibility index (Phi) is 3.98. The Morgan fingerprint density at radius 1 is 1.50 bits per heavy atom. The predicted molar refractivity (Wildman–Crippen MR) is 71.1 cm³/mol. The molecule has 0 aromatic heterocycles. The lowest BCUT2D eigenvalue weighted by atomic mass is 10.3. The van der Waals surface area contributed by atoms with Crippen LogP contribution >= 0.6 is 23.4 Å². The van der Waals surface area contributed by atoms with Crippen molar-refractivity contribution in [3.63, 3.8) is 0 Å². The number of benzene rings is 1. The summed E-state index contributed by atoms with van der Waals surface area (Å²) < 4.78 is 0. The minimum Gasteiger partial charge on any atom is -0.480 e.